The zero-order valence-corrected chi connectivity index (χ0v) is 11.3. The highest BCUT2D eigenvalue weighted by Gasteiger charge is 2.50. The van der Waals surface area contributed by atoms with Gasteiger partial charge in [-0.15, -0.1) is 0 Å². The van der Waals surface area contributed by atoms with E-state index in [0.29, 0.717) is 6.54 Å². The van der Waals surface area contributed by atoms with Crippen LogP contribution in [0.2, 0.25) is 0 Å². The Bertz CT molecular complexity index is 371. The van der Waals surface area contributed by atoms with Crippen molar-refractivity contribution in [3.63, 3.8) is 0 Å². The van der Waals surface area contributed by atoms with Crippen LogP contribution < -0.4 is 5.32 Å². The van der Waals surface area contributed by atoms with Gasteiger partial charge in [0.25, 0.3) is 0 Å². The Hall–Kier alpha value is -1.10. The minimum atomic E-state index is -0.548. The Morgan fingerprint density at radius 3 is 2.74 bits per heavy atom. The van der Waals surface area contributed by atoms with E-state index >= 15 is 0 Å². The molecule has 1 aliphatic carbocycles. The number of amides is 2. The summed E-state index contributed by atoms with van der Waals surface area (Å²) in [5.74, 6) is 0.122. The van der Waals surface area contributed by atoms with E-state index in [0.717, 1.165) is 51.6 Å². The summed E-state index contributed by atoms with van der Waals surface area (Å²) < 4.78 is 5.62. The molecular formula is C14H22N2O3. The monoisotopic (exact) mass is 266 g/mol. The second kappa shape index (κ2) is 5.12. The van der Waals surface area contributed by atoms with Gasteiger partial charge in [0.1, 0.15) is 5.54 Å². The lowest BCUT2D eigenvalue weighted by molar-refractivity contribution is -0.153. The van der Waals surface area contributed by atoms with Gasteiger partial charge in [0.15, 0.2) is 0 Å². The van der Waals surface area contributed by atoms with Gasteiger partial charge < -0.3 is 15.0 Å². The highest BCUT2D eigenvalue weighted by Crippen LogP contribution is 2.37. The lowest BCUT2D eigenvalue weighted by Crippen LogP contribution is -2.66. The van der Waals surface area contributed by atoms with Crippen molar-refractivity contribution in [2.45, 2.75) is 56.6 Å². The summed E-state index contributed by atoms with van der Waals surface area (Å²) in [7, 11) is 0. The van der Waals surface area contributed by atoms with E-state index in [2.05, 4.69) is 5.32 Å². The fourth-order valence-electron chi connectivity index (χ4n) is 3.72. The van der Waals surface area contributed by atoms with Gasteiger partial charge in [-0.2, -0.15) is 0 Å². The summed E-state index contributed by atoms with van der Waals surface area (Å²) in [6, 6.07) is 0. The molecule has 2 heterocycles. The highest BCUT2D eigenvalue weighted by atomic mass is 16.5. The third-order valence-corrected chi connectivity index (χ3v) is 4.77. The predicted octanol–water partition coefficient (Wildman–Crippen LogP) is 0.827. The van der Waals surface area contributed by atoms with Gasteiger partial charge in [0.05, 0.1) is 12.6 Å². The van der Waals surface area contributed by atoms with Crippen molar-refractivity contribution in [3.8, 4) is 0 Å². The Kier molecular flexibility index (Phi) is 3.48. The topological polar surface area (TPSA) is 58.6 Å². The van der Waals surface area contributed by atoms with Gasteiger partial charge in [0, 0.05) is 13.2 Å². The standard InChI is InChI=1S/C14H22N2O3/c17-12-10-15-13(18)14(6-1-2-7-14)16(12)8-5-11-4-3-9-19-11/h11H,1-10H2,(H,15,18). The lowest BCUT2D eigenvalue weighted by Gasteiger charge is -2.43. The van der Waals surface area contributed by atoms with Crippen molar-refractivity contribution in [1.82, 2.24) is 10.2 Å². The quantitative estimate of drug-likeness (QED) is 0.823. The van der Waals surface area contributed by atoms with E-state index in [4.69, 9.17) is 4.74 Å². The van der Waals surface area contributed by atoms with Crippen molar-refractivity contribution in [2.75, 3.05) is 19.7 Å². The summed E-state index contributed by atoms with van der Waals surface area (Å²) >= 11 is 0. The largest absolute Gasteiger partial charge is 0.378 e. The predicted molar refractivity (Wildman–Crippen MR) is 69.5 cm³/mol. The first-order valence-corrected chi connectivity index (χ1v) is 7.43. The molecule has 1 atom stereocenters. The van der Waals surface area contributed by atoms with E-state index in [1.165, 1.54) is 0 Å². The van der Waals surface area contributed by atoms with Crippen LogP contribution in [-0.4, -0.2) is 48.1 Å². The van der Waals surface area contributed by atoms with Gasteiger partial charge >= 0.3 is 0 Å². The molecule has 2 amide bonds. The SMILES string of the molecule is O=C1CNC(=O)C2(CCCC2)N1CCC1CCCO1. The first kappa shape index (κ1) is 12.9. The average Bonchev–Trinajstić information content (AvgIpc) is 3.06. The van der Waals surface area contributed by atoms with Crippen LogP contribution in [0.25, 0.3) is 0 Å². The fourth-order valence-corrected chi connectivity index (χ4v) is 3.72. The summed E-state index contributed by atoms with van der Waals surface area (Å²) in [5, 5.41) is 2.76. The zero-order chi connectivity index (χ0) is 13.3. The second-order valence-corrected chi connectivity index (χ2v) is 5.89. The minimum absolute atomic E-state index is 0.0527. The molecule has 19 heavy (non-hydrogen) atoms. The normalized spacial score (nSPS) is 30.1. The number of carbonyl (C=O) groups is 2. The molecule has 1 spiro atoms. The maximum Gasteiger partial charge on any atom is 0.246 e. The summed E-state index contributed by atoms with van der Waals surface area (Å²) in [6.07, 6.45) is 7.04. The van der Waals surface area contributed by atoms with Crippen molar-refractivity contribution in [2.24, 2.45) is 0 Å². The molecule has 1 unspecified atom stereocenters. The molecule has 0 bridgehead atoms. The van der Waals surface area contributed by atoms with E-state index in [9.17, 15) is 9.59 Å². The summed E-state index contributed by atoms with van der Waals surface area (Å²) in [4.78, 5) is 26.3. The van der Waals surface area contributed by atoms with Crippen molar-refractivity contribution in [3.05, 3.63) is 0 Å². The smallest absolute Gasteiger partial charge is 0.246 e. The Labute approximate surface area is 113 Å². The maximum atomic E-state index is 12.2. The lowest BCUT2D eigenvalue weighted by atomic mass is 9.91. The second-order valence-electron chi connectivity index (χ2n) is 5.89. The molecule has 0 aromatic carbocycles. The molecule has 1 N–H and O–H groups in total. The van der Waals surface area contributed by atoms with Crippen LogP contribution in [0.5, 0.6) is 0 Å². The number of nitrogens with zero attached hydrogens (tertiary/aromatic N) is 1. The first-order valence-electron chi connectivity index (χ1n) is 7.43. The fraction of sp³-hybridized carbons (Fsp3) is 0.857. The number of nitrogens with one attached hydrogen (secondary N) is 1. The minimum Gasteiger partial charge on any atom is -0.378 e. The molecule has 1 saturated carbocycles. The molecule has 3 fully saturated rings. The van der Waals surface area contributed by atoms with Crippen LogP contribution in [0.4, 0.5) is 0 Å². The van der Waals surface area contributed by atoms with Crippen LogP contribution in [0, 0.1) is 0 Å². The van der Waals surface area contributed by atoms with E-state index in [1.54, 1.807) is 0 Å². The van der Waals surface area contributed by atoms with Crippen molar-refractivity contribution >= 4 is 11.8 Å². The number of carbonyl (C=O) groups excluding carboxylic acids is 2. The molecule has 5 nitrogen and oxygen atoms in total. The van der Waals surface area contributed by atoms with Crippen molar-refractivity contribution in [1.29, 1.82) is 0 Å². The number of hydrogen-bond donors (Lipinski definition) is 1. The number of ether oxygens (including phenoxy) is 1. The van der Waals surface area contributed by atoms with Crippen LogP contribution in [0.3, 0.4) is 0 Å². The van der Waals surface area contributed by atoms with Crippen LogP contribution in [0.15, 0.2) is 0 Å². The molecule has 2 saturated heterocycles. The number of rotatable bonds is 3. The Balaban J connectivity index is 1.70. The summed E-state index contributed by atoms with van der Waals surface area (Å²) in [6.45, 7) is 1.66. The Morgan fingerprint density at radius 2 is 2.05 bits per heavy atom. The average molecular weight is 266 g/mol. The summed E-state index contributed by atoms with van der Waals surface area (Å²) in [5.41, 5.74) is -0.548. The maximum absolute atomic E-state index is 12.2. The molecule has 106 valence electrons. The molecule has 0 aromatic heterocycles. The van der Waals surface area contributed by atoms with E-state index < -0.39 is 5.54 Å². The van der Waals surface area contributed by atoms with Crippen LogP contribution in [0.1, 0.15) is 44.9 Å². The van der Waals surface area contributed by atoms with Gasteiger partial charge in [-0.1, -0.05) is 12.8 Å². The zero-order valence-electron chi connectivity index (χ0n) is 11.3. The van der Waals surface area contributed by atoms with Gasteiger partial charge in [-0.3, -0.25) is 9.59 Å². The highest BCUT2D eigenvalue weighted by molar-refractivity contribution is 5.98. The third-order valence-electron chi connectivity index (χ3n) is 4.77. The van der Waals surface area contributed by atoms with Crippen molar-refractivity contribution < 1.29 is 14.3 Å². The van der Waals surface area contributed by atoms with E-state index in [-0.39, 0.29) is 24.5 Å². The molecule has 5 heteroatoms. The van der Waals surface area contributed by atoms with E-state index in [1.807, 2.05) is 4.90 Å². The van der Waals surface area contributed by atoms with Gasteiger partial charge in [-0.25, -0.2) is 0 Å². The van der Waals surface area contributed by atoms with Crippen LogP contribution in [-0.2, 0) is 14.3 Å². The molecule has 0 aromatic rings. The molecule has 2 aliphatic heterocycles. The third kappa shape index (κ3) is 2.24. The molecule has 3 rings (SSSR count). The first-order chi connectivity index (χ1) is 9.22. The number of piperazine rings is 1. The molecule has 3 aliphatic rings. The van der Waals surface area contributed by atoms with Gasteiger partial charge in [0.2, 0.25) is 11.8 Å². The Morgan fingerprint density at radius 1 is 1.26 bits per heavy atom. The number of hydrogen-bond acceptors (Lipinski definition) is 3. The van der Waals surface area contributed by atoms with Gasteiger partial charge in [-0.05, 0) is 32.1 Å². The van der Waals surface area contributed by atoms with Crippen LogP contribution >= 0.6 is 0 Å². The molecular weight excluding hydrogens is 244 g/mol. The molecule has 0 radical (unpaired) electrons.